The lowest BCUT2D eigenvalue weighted by Crippen LogP contribution is -2.51. The molecule has 20 heavy (non-hydrogen) atoms. The van der Waals surface area contributed by atoms with Gasteiger partial charge in [0, 0.05) is 32.3 Å². The van der Waals surface area contributed by atoms with Crippen LogP contribution in [0.2, 0.25) is 0 Å². The van der Waals surface area contributed by atoms with Crippen LogP contribution < -0.4 is 10.5 Å². The van der Waals surface area contributed by atoms with Gasteiger partial charge in [-0.2, -0.15) is 0 Å². The second-order valence-corrected chi connectivity index (χ2v) is 5.46. The Balaban J connectivity index is 2.77. The summed E-state index contributed by atoms with van der Waals surface area (Å²) in [5, 5.41) is 0. The van der Waals surface area contributed by atoms with Crippen LogP contribution in [0.15, 0.2) is 24.3 Å². The minimum atomic E-state index is -0.0810. The Labute approximate surface area is 122 Å². The first-order valence-corrected chi connectivity index (χ1v) is 7.09. The zero-order valence-corrected chi connectivity index (χ0v) is 13.2. The quantitative estimate of drug-likeness (QED) is 0.702. The van der Waals surface area contributed by atoms with Gasteiger partial charge in [0.15, 0.2) is 0 Å². The number of methoxy groups -OCH3 is 2. The van der Waals surface area contributed by atoms with Gasteiger partial charge in [-0.15, -0.1) is 0 Å². The van der Waals surface area contributed by atoms with E-state index >= 15 is 0 Å². The number of likely N-dealkylation sites (N-methyl/N-ethyl adjacent to an activating group) is 1. The highest BCUT2D eigenvalue weighted by Gasteiger charge is 2.28. The van der Waals surface area contributed by atoms with Crippen LogP contribution in [-0.4, -0.2) is 51.4 Å². The van der Waals surface area contributed by atoms with Crippen LogP contribution in [-0.2, 0) is 11.2 Å². The van der Waals surface area contributed by atoms with E-state index in [-0.39, 0.29) is 5.54 Å². The number of nitrogens with zero attached hydrogens (tertiary/aromatic N) is 1. The van der Waals surface area contributed by atoms with Crippen molar-refractivity contribution >= 4 is 0 Å². The van der Waals surface area contributed by atoms with Gasteiger partial charge in [-0.1, -0.05) is 18.2 Å². The zero-order valence-electron chi connectivity index (χ0n) is 13.2. The van der Waals surface area contributed by atoms with Crippen molar-refractivity contribution in [2.45, 2.75) is 25.3 Å². The molecule has 1 aromatic rings. The molecule has 114 valence electrons. The maximum absolute atomic E-state index is 6.04. The van der Waals surface area contributed by atoms with E-state index in [2.05, 4.69) is 24.9 Å². The molecule has 2 N–H and O–H groups in total. The first kappa shape index (κ1) is 17.0. The monoisotopic (exact) mass is 280 g/mol. The summed E-state index contributed by atoms with van der Waals surface area (Å²) in [7, 11) is 5.57. The van der Waals surface area contributed by atoms with Crippen LogP contribution in [0, 0.1) is 0 Å². The van der Waals surface area contributed by atoms with Crippen LogP contribution >= 0.6 is 0 Å². The van der Waals surface area contributed by atoms with Gasteiger partial charge in [0.05, 0.1) is 7.11 Å². The van der Waals surface area contributed by atoms with E-state index in [1.165, 1.54) is 5.56 Å². The summed E-state index contributed by atoms with van der Waals surface area (Å²) in [5.41, 5.74) is 7.15. The van der Waals surface area contributed by atoms with E-state index in [0.29, 0.717) is 6.54 Å². The molecule has 1 unspecified atom stereocenters. The van der Waals surface area contributed by atoms with Crippen LogP contribution in [0.3, 0.4) is 0 Å². The minimum absolute atomic E-state index is 0.0810. The lowest BCUT2D eigenvalue weighted by atomic mass is 9.90. The van der Waals surface area contributed by atoms with Gasteiger partial charge < -0.3 is 15.2 Å². The molecular weight excluding hydrogens is 252 g/mol. The molecule has 0 amide bonds. The van der Waals surface area contributed by atoms with Crippen LogP contribution in [0.25, 0.3) is 0 Å². The van der Waals surface area contributed by atoms with Gasteiger partial charge in [-0.05, 0) is 38.4 Å². The average Bonchev–Trinajstić information content (AvgIpc) is 2.47. The molecule has 0 fully saturated rings. The summed E-state index contributed by atoms with van der Waals surface area (Å²) in [6.07, 6.45) is 1.88. The minimum Gasteiger partial charge on any atom is -0.496 e. The number of nitrogens with two attached hydrogens (primary N) is 1. The summed E-state index contributed by atoms with van der Waals surface area (Å²) in [5.74, 6) is 0.928. The maximum Gasteiger partial charge on any atom is 0.122 e. The van der Waals surface area contributed by atoms with Crippen LogP contribution in [0.1, 0.15) is 18.9 Å². The van der Waals surface area contributed by atoms with E-state index in [1.807, 2.05) is 18.2 Å². The maximum atomic E-state index is 6.04. The van der Waals surface area contributed by atoms with Crippen molar-refractivity contribution in [1.82, 2.24) is 4.90 Å². The normalized spacial score (nSPS) is 14.3. The predicted molar refractivity (Wildman–Crippen MR) is 83.3 cm³/mol. The Morgan fingerprint density at radius 1 is 1.25 bits per heavy atom. The molecule has 1 aromatic carbocycles. The van der Waals surface area contributed by atoms with E-state index in [4.69, 9.17) is 15.2 Å². The summed E-state index contributed by atoms with van der Waals surface area (Å²) >= 11 is 0. The molecule has 0 aliphatic rings. The second-order valence-electron chi connectivity index (χ2n) is 5.46. The lowest BCUT2D eigenvalue weighted by molar-refractivity contribution is 0.119. The van der Waals surface area contributed by atoms with Crippen LogP contribution in [0.4, 0.5) is 0 Å². The number of ether oxygens (including phenoxy) is 2. The fourth-order valence-corrected chi connectivity index (χ4v) is 2.34. The van der Waals surface area contributed by atoms with Crippen molar-refractivity contribution in [2.75, 3.05) is 41.0 Å². The highest BCUT2D eigenvalue weighted by Crippen LogP contribution is 2.25. The Morgan fingerprint density at radius 2 is 1.95 bits per heavy atom. The van der Waals surface area contributed by atoms with Crippen LogP contribution in [0.5, 0.6) is 5.75 Å². The molecule has 0 saturated heterocycles. The fraction of sp³-hybridized carbons (Fsp3) is 0.625. The van der Waals surface area contributed by atoms with Crippen molar-refractivity contribution in [3.8, 4) is 5.75 Å². The Morgan fingerprint density at radius 3 is 2.55 bits per heavy atom. The molecule has 4 heteroatoms. The lowest BCUT2D eigenvalue weighted by Gasteiger charge is -2.38. The molecule has 1 rings (SSSR count). The third-order valence-corrected chi connectivity index (χ3v) is 3.97. The molecular formula is C16H28N2O2. The fourth-order valence-electron chi connectivity index (χ4n) is 2.34. The first-order valence-electron chi connectivity index (χ1n) is 7.09. The molecule has 1 atom stereocenters. The van der Waals surface area contributed by atoms with E-state index < -0.39 is 0 Å². The van der Waals surface area contributed by atoms with Crippen molar-refractivity contribution < 1.29 is 9.47 Å². The average molecular weight is 280 g/mol. The van der Waals surface area contributed by atoms with Gasteiger partial charge >= 0.3 is 0 Å². The van der Waals surface area contributed by atoms with Crippen molar-refractivity contribution in [3.63, 3.8) is 0 Å². The third-order valence-electron chi connectivity index (χ3n) is 3.97. The Hall–Kier alpha value is -1.10. The summed E-state index contributed by atoms with van der Waals surface area (Å²) in [4.78, 5) is 2.32. The van der Waals surface area contributed by atoms with Crippen molar-refractivity contribution in [3.05, 3.63) is 29.8 Å². The van der Waals surface area contributed by atoms with Gasteiger partial charge in [-0.25, -0.2) is 0 Å². The molecule has 0 spiro atoms. The number of para-hydroxylation sites is 1. The second kappa shape index (κ2) is 8.25. The molecule has 0 saturated carbocycles. The highest BCUT2D eigenvalue weighted by molar-refractivity contribution is 5.34. The molecule has 0 aliphatic carbocycles. The molecule has 0 aromatic heterocycles. The van der Waals surface area contributed by atoms with Crippen molar-refractivity contribution in [2.24, 2.45) is 5.73 Å². The smallest absolute Gasteiger partial charge is 0.122 e. The molecule has 0 radical (unpaired) electrons. The highest BCUT2D eigenvalue weighted by atomic mass is 16.5. The first-order chi connectivity index (χ1) is 9.57. The molecule has 4 nitrogen and oxygen atoms in total. The summed E-state index contributed by atoms with van der Waals surface area (Å²) in [6.45, 7) is 4.55. The summed E-state index contributed by atoms with van der Waals surface area (Å²) < 4.78 is 10.6. The molecule has 0 heterocycles. The zero-order chi connectivity index (χ0) is 15.0. The van der Waals surface area contributed by atoms with Crippen molar-refractivity contribution in [1.29, 1.82) is 0 Å². The van der Waals surface area contributed by atoms with E-state index in [1.54, 1.807) is 14.2 Å². The third kappa shape index (κ3) is 4.47. The van der Waals surface area contributed by atoms with Gasteiger partial charge in [0.2, 0.25) is 0 Å². The SMILES string of the molecule is COCCCN(C)C(C)(CN)Cc1ccccc1OC. The van der Waals surface area contributed by atoms with Gasteiger partial charge in [0.1, 0.15) is 5.75 Å². The largest absolute Gasteiger partial charge is 0.496 e. The topological polar surface area (TPSA) is 47.7 Å². The standard InChI is InChI=1S/C16H28N2O2/c1-16(13-17,18(2)10-7-11-19-3)12-14-8-5-6-9-15(14)20-4/h5-6,8-9H,7,10-13,17H2,1-4H3. The van der Waals surface area contributed by atoms with Gasteiger partial charge in [0.25, 0.3) is 0 Å². The Bertz CT molecular complexity index is 398. The molecule has 0 bridgehead atoms. The predicted octanol–water partition coefficient (Wildman–Crippen LogP) is 1.92. The summed E-state index contributed by atoms with van der Waals surface area (Å²) in [6, 6.07) is 8.14. The molecule has 0 aliphatic heterocycles. The number of rotatable bonds is 9. The Kier molecular flexibility index (Phi) is 6.99. The number of hydrogen-bond donors (Lipinski definition) is 1. The number of benzene rings is 1. The number of hydrogen-bond acceptors (Lipinski definition) is 4. The van der Waals surface area contributed by atoms with E-state index in [9.17, 15) is 0 Å². The van der Waals surface area contributed by atoms with Gasteiger partial charge in [-0.3, -0.25) is 4.90 Å². The van der Waals surface area contributed by atoms with E-state index in [0.717, 1.165) is 31.7 Å².